The summed E-state index contributed by atoms with van der Waals surface area (Å²) in [7, 11) is 0. The minimum atomic E-state index is 0.0238. The van der Waals surface area contributed by atoms with Crippen LogP contribution in [-0.2, 0) is 14.3 Å². The predicted molar refractivity (Wildman–Crippen MR) is 59.1 cm³/mol. The van der Waals surface area contributed by atoms with Crippen LogP contribution in [0.5, 0.6) is 0 Å². The average Bonchev–Trinajstić information content (AvgIpc) is 2.30. The third-order valence-electron chi connectivity index (χ3n) is 2.62. The topological polar surface area (TPSA) is 67.8 Å². The lowest BCUT2D eigenvalue weighted by Crippen LogP contribution is -2.30. The van der Waals surface area contributed by atoms with Gasteiger partial charge < -0.3 is 19.9 Å². The zero-order valence-corrected chi connectivity index (χ0v) is 9.61. The molecule has 2 N–H and O–H groups in total. The van der Waals surface area contributed by atoms with Crippen molar-refractivity contribution in [3.05, 3.63) is 0 Å². The number of amides is 1. The second kappa shape index (κ2) is 8.50. The summed E-state index contributed by atoms with van der Waals surface area (Å²) in [5.74, 6) is 0.548. The number of aliphatic hydroxyl groups is 1. The fraction of sp³-hybridized carbons (Fsp3) is 0.909. The molecule has 0 radical (unpaired) electrons. The SMILES string of the molecule is O=C(CC1CCOCC1)NCCOCCO. The first kappa shape index (κ1) is 13.4. The molecular weight excluding hydrogens is 210 g/mol. The molecule has 1 aliphatic heterocycles. The van der Waals surface area contributed by atoms with Gasteiger partial charge in [0.15, 0.2) is 0 Å². The minimum absolute atomic E-state index is 0.0238. The van der Waals surface area contributed by atoms with Gasteiger partial charge >= 0.3 is 0 Å². The van der Waals surface area contributed by atoms with Gasteiger partial charge in [-0.15, -0.1) is 0 Å². The standard InChI is InChI=1S/C11H21NO4/c13-4-8-16-7-3-12-11(14)9-10-1-5-15-6-2-10/h10,13H,1-9H2,(H,12,14). The van der Waals surface area contributed by atoms with Crippen molar-refractivity contribution in [2.45, 2.75) is 19.3 Å². The number of hydrogen-bond acceptors (Lipinski definition) is 4. The molecule has 1 rings (SSSR count). The van der Waals surface area contributed by atoms with Crippen molar-refractivity contribution in [1.82, 2.24) is 5.32 Å². The smallest absolute Gasteiger partial charge is 0.220 e. The van der Waals surface area contributed by atoms with E-state index in [0.717, 1.165) is 26.1 Å². The molecule has 1 amide bonds. The molecule has 5 heteroatoms. The lowest BCUT2D eigenvalue weighted by atomic mass is 9.96. The van der Waals surface area contributed by atoms with Crippen LogP contribution in [0.15, 0.2) is 0 Å². The Balaban J connectivity index is 1.97. The minimum Gasteiger partial charge on any atom is -0.394 e. The summed E-state index contributed by atoms with van der Waals surface area (Å²) in [4.78, 5) is 11.5. The zero-order valence-electron chi connectivity index (χ0n) is 9.61. The van der Waals surface area contributed by atoms with Gasteiger partial charge in [0.05, 0.1) is 19.8 Å². The molecule has 16 heavy (non-hydrogen) atoms. The van der Waals surface area contributed by atoms with Crippen molar-refractivity contribution in [2.75, 3.05) is 39.6 Å². The second-order valence-electron chi connectivity index (χ2n) is 3.95. The predicted octanol–water partition coefficient (Wildman–Crippen LogP) is -0.0718. The highest BCUT2D eigenvalue weighted by Gasteiger charge is 2.16. The second-order valence-corrected chi connectivity index (χ2v) is 3.95. The highest BCUT2D eigenvalue weighted by molar-refractivity contribution is 5.76. The molecule has 0 aromatic carbocycles. The Labute approximate surface area is 96.1 Å². The highest BCUT2D eigenvalue weighted by atomic mass is 16.5. The molecule has 0 spiro atoms. The zero-order chi connectivity index (χ0) is 11.6. The van der Waals surface area contributed by atoms with Crippen molar-refractivity contribution < 1.29 is 19.4 Å². The molecule has 0 aliphatic carbocycles. The first-order valence-corrected chi connectivity index (χ1v) is 5.86. The molecule has 0 unspecified atom stereocenters. The van der Waals surface area contributed by atoms with Gasteiger partial charge in [0.2, 0.25) is 5.91 Å². The van der Waals surface area contributed by atoms with Crippen molar-refractivity contribution in [3.63, 3.8) is 0 Å². The number of carbonyl (C=O) groups is 1. The van der Waals surface area contributed by atoms with Crippen LogP contribution in [0.25, 0.3) is 0 Å². The van der Waals surface area contributed by atoms with Gasteiger partial charge in [0.25, 0.3) is 0 Å². The van der Waals surface area contributed by atoms with Crippen LogP contribution in [0, 0.1) is 5.92 Å². The van der Waals surface area contributed by atoms with Gasteiger partial charge in [-0.05, 0) is 18.8 Å². The summed E-state index contributed by atoms with van der Waals surface area (Å²) in [6, 6.07) is 0. The molecule has 0 atom stereocenters. The van der Waals surface area contributed by atoms with Crippen molar-refractivity contribution >= 4 is 5.91 Å². The van der Waals surface area contributed by atoms with Crippen molar-refractivity contribution in [3.8, 4) is 0 Å². The van der Waals surface area contributed by atoms with Crippen LogP contribution < -0.4 is 5.32 Å². The fourth-order valence-electron chi connectivity index (χ4n) is 1.71. The molecule has 1 heterocycles. The number of ether oxygens (including phenoxy) is 2. The Morgan fingerprint density at radius 2 is 2.12 bits per heavy atom. The summed E-state index contributed by atoms with van der Waals surface area (Å²) in [5, 5.41) is 11.3. The number of hydrogen-bond donors (Lipinski definition) is 2. The van der Waals surface area contributed by atoms with Gasteiger partial charge in [-0.2, -0.15) is 0 Å². The summed E-state index contributed by atoms with van der Waals surface area (Å²) in [6.07, 6.45) is 2.55. The molecule has 94 valence electrons. The maximum Gasteiger partial charge on any atom is 0.220 e. The first-order valence-electron chi connectivity index (χ1n) is 5.86. The van der Waals surface area contributed by atoms with Crippen LogP contribution in [0.4, 0.5) is 0 Å². The average molecular weight is 231 g/mol. The Bertz CT molecular complexity index is 192. The third kappa shape index (κ3) is 6.05. The molecule has 0 bridgehead atoms. The molecule has 0 aromatic heterocycles. The van der Waals surface area contributed by atoms with E-state index in [1.165, 1.54) is 0 Å². The van der Waals surface area contributed by atoms with Gasteiger partial charge in [-0.25, -0.2) is 0 Å². The summed E-state index contributed by atoms with van der Waals surface area (Å²) in [6.45, 7) is 2.88. The molecule has 1 saturated heterocycles. The van der Waals surface area contributed by atoms with E-state index >= 15 is 0 Å². The van der Waals surface area contributed by atoms with E-state index in [-0.39, 0.29) is 12.5 Å². The third-order valence-corrected chi connectivity index (χ3v) is 2.62. The van der Waals surface area contributed by atoms with Crippen LogP contribution in [0.1, 0.15) is 19.3 Å². The van der Waals surface area contributed by atoms with Gasteiger partial charge in [-0.3, -0.25) is 4.79 Å². The van der Waals surface area contributed by atoms with E-state index < -0.39 is 0 Å². The Kier molecular flexibility index (Phi) is 7.12. The van der Waals surface area contributed by atoms with E-state index in [1.54, 1.807) is 0 Å². The van der Waals surface area contributed by atoms with Gasteiger partial charge in [-0.1, -0.05) is 0 Å². The highest BCUT2D eigenvalue weighted by Crippen LogP contribution is 2.17. The number of nitrogens with one attached hydrogen (secondary N) is 1. The van der Waals surface area contributed by atoms with Crippen LogP contribution in [0.2, 0.25) is 0 Å². The van der Waals surface area contributed by atoms with Crippen molar-refractivity contribution in [1.29, 1.82) is 0 Å². The maximum atomic E-state index is 11.5. The van der Waals surface area contributed by atoms with Crippen LogP contribution in [-0.4, -0.2) is 50.6 Å². The van der Waals surface area contributed by atoms with E-state index in [2.05, 4.69) is 5.32 Å². The van der Waals surface area contributed by atoms with Gasteiger partial charge in [0, 0.05) is 26.2 Å². The van der Waals surface area contributed by atoms with E-state index in [0.29, 0.717) is 32.1 Å². The molecule has 5 nitrogen and oxygen atoms in total. The molecule has 1 fully saturated rings. The number of aliphatic hydroxyl groups excluding tert-OH is 1. The Hall–Kier alpha value is -0.650. The summed E-state index contributed by atoms with van der Waals surface area (Å²) in [5.41, 5.74) is 0. The quantitative estimate of drug-likeness (QED) is 0.602. The largest absolute Gasteiger partial charge is 0.394 e. The lowest BCUT2D eigenvalue weighted by molar-refractivity contribution is -0.122. The number of carbonyl (C=O) groups excluding carboxylic acids is 1. The summed E-state index contributed by atoms with van der Waals surface area (Å²) < 4.78 is 10.3. The molecular formula is C11H21NO4. The van der Waals surface area contributed by atoms with Gasteiger partial charge in [0.1, 0.15) is 0 Å². The molecule has 1 aliphatic rings. The first-order chi connectivity index (χ1) is 7.83. The van der Waals surface area contributed by atoms with Crippen LogP contribution in [0.3, 0.4) is 0 Å². The monoisotopic (exact) mass is 231 g/mol. The van der Waals surface area contributed by atoms with E-state index in [1.807, 2.05) is 0 Å². The van der Waals surface area contributed by atoms with Crippen molar-refractivity contribution in [2.24, 2.45) is 5.92 Å². The Morgan fingerprint density at radius 3 is 2.81 bits per heavy atom. The maximum absolute atomic E-state index is 11.5. The Morgan fingerprint density at radius 1 is 1.38 bits per heavy atom. The van der Waals surface area contributed by atoms with Crippen LogP contribution >= 0.6 is 0 Å². The van der Waals surface area contributed by atoms with E-state index in [9.17, 15) is 4.79 Å². The fourth-order valence-corrected chi connectivity index (χ4v) is 1.71. The molecule has 0 aromatic rings. The molecule has 0 saturated carbocycles. The lowest BCUT2D eigenvalue weighted by Gasteiger charge is -2.21. The van der Waals surface area contributed by atoms with E-state index in [4.69, 9.17) is 14.6 Å². The number of rotatable bonds is 7. The summed E-state index contributed by atoms with van der Waals surface area (Å²) >= 11 is 0. The normalized spacial score (nSPS) is 17.3.